The van der Waals surface area contributed by atoms with E-state index in [1.165, 1.54) is 0 Å². The van der Waals surface area contributed by atoms with Gasteiger partial charge in [-0.3, -0.25) is 0 Å². The first-order chi connectivity index (χ1) is 3.77. The third kappa shape index (κ3) is 5.61. The maximum absolute atomic E-state index is 3.70. The molecule has 0 unspecified atom stereocenters. The largest absolute Gasteiger partial charge is 0.0964 e. The molecule has 0 amide bonds. The van der Waals surface area contributed by atoms with Gasteiger partial charge in [-0.15, -0.1) is 0 Å². The summed E-state index contributed by atoms with van der Waals surface area (Å²) in [5, 5.41) is 0. The first-order valence-corrected chi connectivity index (χ1v) is 3.08. The lowest BCUT2D eigenvalue weighted by atomic mass is 10.1. The van der Waals surface area contributed by atoms with Gasteiger partial charge >= 0.3 is 0 Å². The Balaban J connectivity index is 2.82. The number of unbranched alkanes of at least 4 members (excludes halogenated alkanes) is 2. The van der Waals surface area contributed by atoms with E-state index in [-0.39, 0.29) is 0 Å². The molecule has 0 saturated heterocycles. The predicted octanol–water partition coefficient (Wildman–Crippen LogP) is 2.77. The van der Waals surface area contributed by atoms with E-state index in [1.807, 2.05) is 0 Å². The van der Waals surface area contributed by atoms with Gasteiger partial charge in [0.05, 0.1) is 5.57 Å². The van der Waals surface area contributed by atoms with Gasteiger partial charge in [-0.2, -0.15) is 0 Å². The molecule has 0 atom stereocenters. The Kier molecular flexibility index (Phi) is 4.53. The summed E-state index contributed by atoms with van der Waals surface area (Å²) in [4.78, 5) is 0. The van der Waals surface area contributed by atoms with E-state index in [9.17, 15) is 0 Å². The Labute approximate surface area is 52.6 Å². The van der Waals surface area contributed by atoms with E-state index in [1.54, 1.807) is 0 Å². The lowest BCUT2D eigenvalue weighted by Crippen LogP contribution is -1.76. The number of hydrogen-bond acceptors (Lipinski definition) is 0. The van der Waals surface area contributed by atoms with E-state index in [0.717, 1.165) is 24.8 Å². The highest BCUT2D eigenvalue weighted by atomic mass is 13.9. The second kappa shape index (κ2) is 4.76. The first-order valence-electron chi connectivity index (χ1n) is 3.08. The molecule has 45 valence electrons. The quantitative estimate of drug-likeness (QED) is 0.385. The maximum Gasteiger partial charge on any atom is 0.0964 e. The lowest BCUT2D eigenvalue weighted by molar-refractivity contribution is 0.883. The fraction of sp³-hybridized carbons (Fsp3) is 0.500. The summed E-state index contributed by atoms with van der Waals surface area (Å²) in [5.74, 6) is 0. The molecule has 0 aromatic rings. The Morgan fingerprint density at radius 1 is 1.75 bits per heavy atom. The highest BCUT2D eigenvalue weighted by Gasteiger charge is 1.90. The molecule has 0 aliphatic carbocycles. The van der Waals surface area contributed by atoms with Gasteiger partial charge in [-0.1, -0.05) is 13.3 Å². The normalized spacial score (nSPS) is 9.12. The van der Waals surface area contributed by atoms with Gasteiger partial charge in [0.1, 0.15) is 0 Å². The van der Waals surface area contributed by atoms with E-state index in [4.69, 9.17) is 0 Å². The van der Waals surface area contributed by atoms with Crippen LogP contribution in [-0.2, 0) is 0 Å². The molecule has 0 fully saturated rings. The SMILES string of the molecule is C=C([CH2+])CC[CH]CC. The van der Waals surface area contributed by atoms with Crippen LogP contribution in [0.3, 0.4) is 0 Å². The number of allylic oxidation sites excluding steroid dienone is 1. The minimum atomic E-state index is 1.04. The van der Waals surface area contributed by atoms with Crippen LogP contribution in [0.15, 0.2) is 12.2 Å². The van der Waals surface area contributed by atoms with Crippen LogP contribution in [0, 0.1) is 13.3 Å². The van der Waals surface area contributed by atoms with E-state index < -0.39 is 0 Å². The Bertz CT molecular complexity index is 62.4. The highest BCUT2D eigenvalue weighted by molar-refractivity contribution is 4.97. The monoisotopic (exact) mass is 110 g/mol. The van der Waals surface area contributed by atoms with Crippen molar-refractivity contribution in [2.24, 2.45) is 0 Å². The van der Waals surface area contributed by atoms with Crippen molar-refractivity contribution in [3.63, 3.8) is 0 Å². The molecule has 0 heteroatoms. The molecule has 0 aliphatic rings. The molecule has 0 nitrogen and oxygen atoms in total. The second-order valence-corrected chi connectivity index (χ2v) is 1.99. The van der Waals surface area contributed by atoms with Crippen LogP contribution in [0.2, 0.25) is 0 Å². The molecular formula is C8H14+. The van der Waals surface area contributed by atoms with Crippen LogP contribution in [0.25, 0.3) is 0 Å². The summed E-state index contributed by atoms with van der Waals surface area (Å²) >= 11 is 0. The van der Waals surface area contributed by atoms with Crippen LogP contribution in [0.5, 0.6) is 0 Å². The van der Waals surface area contributed by atoms with Gasteiger partial charge in [-0.25, -0.2) is 0 Å². The van der Waals surface area contributed by atoms with Gasteiger partial charge < -0.3 is 0 Å². The Morgan fingerprint density at radius 2 is 2.38 bits per heavy atom. The molecule has 0 aliphatic heterocycles. The molecule has 8 heavy (non-hydrogen) atoms. The molecule has 0 heterocycles. The molecule has 0 aromatic heterocycles. The van der Waals surface area contributed by atoms with E-state index in [2.05, 4.69) is 26.8 Å². The fourth-order valence-corrected chi connectivity index (χ4v) is 0.510. The van der Waals surface area contributed by atoms with Gasteiger partial charge in [0.25, 0.3) is 0 Å². The highest BCUT2D eigenvalue weighted by Crippen LogP contribution is 2.03. The molecule has 1 radical (unpaired) electrons. The van der Waals surface area contributed by atoms with Crippen LogP contribution in [0.1, 0.15) is 26.2 Å². The zero-order chi connectivity index (χ0) is 6.41. The van der Waals surface area contributed by atoms with Crippen molar-refractivity contribution in [2.45, 2.75) is 26.2 Å². The van der Waals surface area contributed by atoms with Crippen LogP contribution < -0.4 is 0 Å². The smallest absolute Gasteiger partial charge is 0.0651 e. The minimum absolute atomic E-state index is 1.04. The van der Waals surface area contributed by atoms with Crippen molar-refractivity contribution in [3.05, 3.63) is 25.5 Å². The summed E-state index contributed by atoms with van der Waals surface area (Å²) in [6, 6.07) is 0. The molecule has 0 rings (SSSR count). The Morgan fingerprint density at radius 3 is 2.75 bits per heavy atom. The Hall–Kier alpha value is -0.390. The molecule has 0 aromatic carbocycles. The number of rotatable bonds is 4. The predicted molar refractivity (Wildman–Crippen MR) is 38.3 cm³/mol. The minimum Gasteiger partial charge on any atom is -0.0651 e. The molecule has 0 N–H and O–H groups in total. The van der Waals surface area contributed by atoms with Crippen LogP contribution >= 0.6 is 0 Å². The van der Waals surface area contributed by atoms with Crippen molar-refractivity contribution < 1.29 is 0 Å². The van der Waals surface area contributed by atoms with Gasteiger partial charge in [-0.05, 0) is 12.8 Å². The van der Waals surface area contributed by atoms with Gasteiger partial charge in [0.2, 0.25) is 0 Å². The van der Waals surface area contributed by atoms with Crippen molar-refractivity contribution in [1.82, 2.24) is 0 Å². The third-order valence-electron chi connectivity index (χ3n) is 0.991. The first kappa shape index (κ1) is 7.61. The van der Waals surface area contributed by atoms with E-state index in [0.29, 0.717) is 0 Å². The molecule has 0 spiro atoms. The van der Waals surface area contributed by atoms with Gasteiger partial charge in [0, 0.05) is 19.9 Å². The summed E-state index contributed by atoms with van der Waals surface area (Å²) in [6.07, 6.45) is 5.59. The molecule has 0 saturated carbocycles. The number of hydrogen-bond donors (Lipinski definition) is 0. The average molecular weight is 110 g/mol. The van der Waals surface area contributed by atoms with E-state index >= 15 is 0 Å². The van der Waals surface area contributed by atoms with Crippen LogP contribution in [0.4, 0.5) is 0 Å². The molecular weight excluding hydrogens is 96.1 g/mol. The topological polar surface area (TPSA) is 0 Å². The lowest BCUT2D eigenvalue weighted by Gasteiger charge is -1.89. The van der Waals surface area contributed by atoms with Gasteiger partial charge in [0.15, 0.2) is 0 Å². The average Bonchev–Trinajstić information content (AvgIpc) is 1.66. The zero-order valence-corrected chi connectivity index (χ0v) is 5.61. The summed E-state index contributed by atoms with van der Waals surface area (Å²) in [6.45, 7) is 9.54. The zero-order valence-electron chi connectivity index (χ0n) is 5.61. The van der Waals surface area contributed by atoms with Crippen molar-refractivity contribution in [2.75, 3.05) is 0 Å². The summed E-state index contributed by atoms with van der Waals surface area (Å²) in [7, 11) is 0. The third-order valence-corrected chi connectivity index (χ3v) is 0.991. The second-order valence-electron chi connectivity index (χ2n) is 1.99. The van der Waals surface area contributed by atoms with Crippen LogP contribution in [-0.4, -0.2) is 0 Å². The van der Waals surface area contributed by atoms with Crippen molar-refractivity contribution >= 4 is 0 Å². The fourth-order valence-electron chi connectivity index (χ4n) is 0.510. The van der Waals surface area contributed by atoms with Crippen molar-refractivity contribution in [3.8, 4) is 0 Å². The summed E-state index contributed by atoms with van der Waals surface area (Å²) in [5.41, 5.74) is 1.04. The molecule has 0 bridgehead atoms. The van der Waals surface area contributed by atoms with Crippen molar-refractivity contribution in [1.29, 1.82) is 0 Å². The maximum atomic E-state index is 3.70. The summed E-state index contributed by atoms with van der Waals surface area (Å²) < 4.78 is 0. The standard InChI is InChI=1S/C8H14/c1-4-5-6-7-8(2)3/h5H,2-4,6-7H2,1H3/q+1.